The van der Waals surface area contributed by atoms with Crippen LogP contribution in [0.25, 0.3) is 10.9 Å². The lowest BCUT2D eigenvalue weighted by Crippen LogP contribution is -2.17. The highest BCUT2D eigenvalue weighted by molar-refractivity contribution is 6.06. The van der Waals surface area contributed by atoms with Crippen molar-refractivity contribution in [1.29, 1.82) is 5.26 Å². The average molecular weight is 540 g/mol. The molecular weight excluding hydrogens is 521 g/mol. The molecule has 0 saturated carbocycles. The predicted octanol–water partition coefficient (Wildman–Crippen LogP) is 5.88. The Bertz CT molecular complexity index is 1740. The number of anilines is 1. The quantitative estimate of drug-likeness (QED) is 0.259. The minimum Gasteiger partial charge on any atom is -0.321 e. The fraction of sp³-hybridized carbons (Fsp3) is 0.222. The number of benzene rings is 3. The fourth-order valence-corrected chi connectivity index (χ4v) is 5.01. The first-order valence-corrected chi connectivity index (χ1v) is 11.7. The highest BCUT2D eigenvalue weighted by Crippen LogP contribution is 2.45. The van der Waals surface area contributed by atoms with Gasteiger partial charge in [-0.1, -0.05) is 6.07 Å². The number of halogens is 5. The molecule has 7 nitrogen and oxygen atoms in total. The number of nitrogens with one attached hydrogen (secondary N) is 1. The molecule has 1 aromatic heterocycles. The standard InChI is InChI=1S/C27H18F5N5O2/c1-13-3-4-16(28)10-18(13)25-23-20(12-37(25)39)24-19(22(5-6-33)36(2)35-24)11-21(23)34-26(38)14-7-15(27(30,31)32)9-17(29)8-14/h3-4,7-11,25H,5,12H2,1-2H3/p+1. The molecule has 0 bridgehead atoms. The van der Waals surface area contributed by atoms with Gasteiger partial charge in [0.1, 0.15) is 17.2 Å². The second-order valence-corrected chi connectivity index (χ2v) is 9.28. The van der Waals surface area contributed by atoms with Gasteiger partial charge < -0.3 is 5.32 Å². The number of carbonyl (C=O) groups is 1. The first kappa shape index (κ1) is 26.0. The summed E-state index contributed by atoms with van der Waals surface area (Å²) in [6, 6.07) is 7.86. The largest absolute Gasteiger partial charge is 0.416 e. The Morgan fingerprint density at radius 3 is 2.62 bits per heavy atom. The number of aryl methyl sites for hydroxylation is 2. The minimum absolute atomic E-state index is 0.0501. The van der Waals surface area contributed by atoms with Crippen molar-refractivity contribution in [2.75, 3.05) is 5.32 Å². The van der Waals surface area contributed by atoms with E-state index in [1.807, 2.05) is 6.07 Å². The lowest BCUT2D eigenvalue weighted by molar-refractivity contribution is -0.586. The van der Waals surface area contributed by atoms with Crippen molar-refractivity contribution in [3.8, 4) is 6.07 Å². The van der Waals surface area contributed by atoms with E-state index in [0.717, 1.165) is 0 Å². The summed E-state index contributed by atoms with van der Waals surface area (Å²) in [5, 5.41) is 16.8. The zero-order valence-electron chi connectivity index (χ0n) is 20.5. The van der Waals surface area contributed by atoms with E-state index in [-0.39, 0.29) is 30.3 Å². The first-order valence-electron chi connectivity index (χ1n) is 11.7. The Morgan fingerprint density at radius 1 is 1.18 bits per heavy atom. The summed E-state index contributed by atoms with van der Waals surface area (Å²) < 4.78 is 70.2. The highest BCUT2D eigenvalue weighted by Gasteiger charge is 2.44. The van der Waals surface area contributed by atoms with Crippen LogP contribution in [0.2, 0.25) is 0 Å². The number of hydrogen-bond donors (Lipinski definition) is 1. The van der Waals surface area contributed by atoms with Crippen LogP contribution in [0, 0.1) is 34.8 Å². The molecule has 3 aromatic carbocycles. The third kappa shape index (κ3) is 4.50. The van der Waals surface area contributed by atoms with Crippen LogP contribution in [0.1, 0.15) is 49.9 Å². The number of nitroso groups, excluding NO2 is 1. The third-order valence-electron chi connectivity index (χ3n) is 6.79. The molecule has 0 saturated heterocycles. The number of fused-ring (bicyclic) bond motifs is 3. The summed E-state index contributed by atoms with van der Waals surface area (Å²) in [6.45, 7) is 1.51. The molecule has 5 rings (SSSR count). The van der Waals surface area contributed by atoms with Crippen molar-refractivity contribution in [3.63, 3.8) is 0 Å². The van der Waals surface area contributed by atoms with Gasteiger partial charge in [-0.05, 0) is 48.9 Å². The monoisotopic (exact) mass is 540 g/mol. The molecule has 39 heavy (non-hydrogen) atoms. The number of hydrogen-bond acceptors (Lipinski definition) is 4. The number of amides is 1. The minimum atomic E-state index is -4.89. The maximum Gasteiger partial charge on any atom is 0.416 e. The molecule has 2 heterocycles. The lowest BCUT2D eigenvalue weighted by atomic mass is 9.92. The van der Waals surface area contributed by atoms with Crippen LogP contribution in [-0.4, -0.2) is 20.4 Å². The van der Waals surface area contributed by atoms with E-state index < -0.39 is 40.9 Å². The predicted molar refractivity (Wildman–Crippen MR) is 130 cm³/mol. The second-order valence-electron chi connectivity index (χ2n) is 9.28. The van der Waals surface area contributed by atoms with Crippen molar-refractivity contribution in [2.24, 2.45) is 7.05 Å². The van der Waals surface area contributed by atoms with E-state index in [1.165, 1.54) is 28.9 Å². The summed E-state index contributed by atoms with van der Waals surface area (Å²) in [4.78, 5) is 26.5. The van der Waals surface area contributed by atoms with Gasteiger partial charge in [-0.3, -0.25) is 9.48 Å². The normalized spacial score (nSPS) is 14.9. The Labute approximate surface area is 218 Å². The molecule has 1 aliphatic rings. The SMILES string of the molecule is Cc1ccc(F)cc1C1c2c(NC(=O)c3cc(F)cc(C(F)(F)F)c3)cc3c(CC#N)n(C)nc3c2C[N+]1=O. The van der Waals surface area contributed by atoms with Gasteiger partial charge in [0.15, 0.2) is 0 Å². The molecule has 1 amide bonds. The summed E-state index contributed by atoms with van der Waals surface area (Å²) in [5.41, 5.74) is 0.646. The molecule has 4 aromatic rings. The van der Waals surface area contributed by atoms with Gasteiger partial charge in [0.25, 0.3) is 11.9 Å². The van der Waals surface area contributed by atoms with E-state index in [2.05, 4.69) is 10.4 Å². The van der Waals surface area contributed by atoms with Gasteiger partial charge in [-0.15, -0.1) is 0 Å². The highest BCUT2D eigenvalue weighted by atomic mass is 19.4. The van der Waals surface area contributed by atoms with E-state index in [9.17, 15) is 36.9 Å². The molecule has 0 aliphatic carbocycles. The average Bonchev–Trinajstić information content (AvgIpc) is 3.36. The van der Waals surface area contributed by atoms with Crippen LogP contribution in [0.5, 0.6) is 0 Å². The van der Waals surface area contributed by atoms with Crippen LogP contribution >= 0.6 is 0 Å². The number of rotatable bonds is 4. The van der Waals surface area contributed by atoms with Crippen molar-refractivity contribution in [3.05, 3.63) is 98.1 Å². The lowest BCUT2D eigenvalue weighted by Gasteiger charge is -2.15. The molecular formula is C27H19F5N5O2+. The topological polar surface area (TPSA) is 90.8 Å². The van der Waals surface area contributed by atoms with Gasteiger partial charge in [0, 0.05) is 33.2 Å². The molecule has 0 fully saturated rings. The number of alkyl halides is 3. The van der Waals surface area contributed by atoms with Crippen LogP contribution in [-0.2, 0) is 26.2 Å². The molecule has 198 valence electrons. The second kappa shape index (κ2) is 9.27. The number of nitriles is 1. The molecule has 1 aliphatic heterocycles. The molecule has 1 unspecified atom stereocenters. The maximum atomic E-state index is 14.2. The number of carbonyl (C=O) groups excluding carboxylic acids is 1. The molecule has 0 spiro atoms. The van der Waals surface area contributed by atoms with E-state index >= 15 is 0 Å². The van der Waals surface area contributed by atoms with Crippen molar-refractivity contribution < 1.29 is 31.5 Å². The molecule has 12 heteroatoms. The smallest absolute Gasteiger partial charge is 0.321 e. The fourth-order valence-electron chi connectivity index (χ4n) is 5.01. The Balaban J connectivity index is 1.72. The summed E-state index contributed by atoms with van der Waals surface area (Å²) in [5.74, 6) is -2.89. The maximum absolute atomic E-state index is 14.2. The van der Waals surface area contributed by atoms with E-state index in [0.29, 0.717) is 50.2 Å². The van der Waals surface area contributed by atoms with Crippen LogP contribution in [0.15, 0.2) is 42.5 Å². The van der Waals surface area contributed by atoms with Crippen LogP contribution in [0.4, 0.5) is 27.6 Å². The molecule has 1 N–H and O–H groups in total. The van der Waals surface area contributed by atoms with Crippen LogP contribution in [0.3, 0.4) is 0 Å². The zero-order valence-corrected chi connectivity index (χ0v) is 20.5. The molecule has 0 radical (unpaired) electrons. The van der Waals surface area contributed by atoms with E-state index in [1.54, 1.807) is 14.0 Å². The van der Waals surface area contributed by atoms with E-state index in [4.69, 9.17) is 0 Å². The van der Waals surface area contributed by atoms with Gasteiger partial charge in [0.2, 0.25) is 6.54 Å². The zero-order chi connectivity index (χ0) is 28.2. The van der Waals surface area contributed by atoms with Gasteiger partial charge in [0.05, 0.1) is 40.6 Å². The summed E-state index contributed by atoms with van der Waals surface area (Å²) in [7, 11) is 1.61. The van der Waals surface area contributed by atoms with Crippen molar-refractivity contribution in [1.82, 2.24) is 9.78 Å². The van der Waals surface area contributed by atoms with Crippen molar-refractivity contribution in [2.45, 2.75) is 32.1 Å². The van der Waals surface area contributed by atoms with Crippen LogP contribution < -0.4 is 5.32 Å². The Morgan fingerprint density at radius 2 is 1.92 bits per heavy atom. The summed E-state index contributed by atoms with van der Waals surface area (Å²) in [6.07, 6.45) is -4.94. The Kier molecular flexibility index (Phi) is 6.17. The molecule has 1 atom stereocenters. The van der Waals surface area contributed by atoms with Crippen molar-refractivity contribution >= 4 is 22.5 Å². The van der Waals surface area contributed by atoms with Gasteiger partial charge in [-0.25, -0.2) is 8.78 Å². The van der Waals surface area contributed by atoms with Gasteiger partial charge >= 0.3 is 6.18 Å². The first-order chi connectivity index (χ1) is 18.4. The summed E-state index contributed by atoms with van der Waals surface area (Å²) >= 11 is 0. The number of nitrogens with zero attached hydrogens (tertiary/aromatic N) is 4. The third-order valence-corrected chi connectivity index (χ3v) is 6.79. The van der Waals surface area contributed by atoms with Gasteiger partial charge in [-0.2, -0.15) is 23.5 Å². The number of aromatic nitrogens is 2. The Hall–Kier alpha value is -4.66.